The molecular formula is C26H34N4O4. The summed E-state index contributed by atoms with van der Waals surface area (Å²) in [7, 11) is 3.91. The molecule has 0 amide bonds. The van der Waals surface area contributed by atoms with E-state index >= 15 is 0 Å². The van der Waals surface area contributed by atoms with Crippen molar-refractivity contribution in [2.75, 3.05) is 46.9 Å². The monoisotopic (exact) mass is 466 g/mol. The molecule has 0 aliphatic carbocycles. The Morgan fingerprint density at radius 1 is 1.06 bits per heavy atom. The molecule has 0 spiro atoms. The van der Waals surface area contributed by atoms with Gasteiger partial charge >= 0.3 is 0 Å². The zero-order valence-corrected chi connectivity index (χ0v) is 20.0. The van der Waals surface area contributed by atoms with Crippen LogP contribution in [-0.2, 0) is 17.9 Å². The van der Waals surface area contributed by atoms with E-state index in [2.05, 4.69) is 52.3 Å². The molecule has 8 nitrogen and oxygen atoms in total. The van der Waals surface area contributed by atoms with Crippen LogP contribution in [0.4, 0.5) is 0 Å². The zero-order valence-electron chi connectivity index (χ0n) is 20.0. The highest BCUT2D eigenvalue weighted by Crippen LogP contribution is 2.33. The smallest absolute Gasteiger partial charge is 0.290 e. The fourth-order valence-corrected chi connectivity index (χ4v) is 3.98. The molecule has 182 valence electrons. The van der Waals surface area contributed by atoms with Crippen LogP contribution in [0.15, 0.2) is 60.9 Å². The molecule has 0 atom stereocenters. The van der Waals surface area contributed by atoms with Crippen LogP contribution in [0.5, 0.6) is 11.5 Å². The number of carboxylic acid groups (broad SMARTS) is 1. The first-order chi connectivity index (χ1) is 16.6. The third kappa shape index (κ3) is 7.33. The molecule has 1 aliphatic heterocycles. The van der Waals surface area contributed by atoms with E-state index in [0.29, 0.717) is 6.61 Å². The Bertz CT molecular complexity index is 1000. The lowest BCUT2D eigenvalue weighted by Crippen LogP contribution is -2.43. The van der Waals surface area contributed by atoms with Crippen molar-refractivity contribution in [3.05, 3.63) is 66.5 Å². The Kier molecular flexibility index (Phi) is 9.94. The average molecular weight is 467 g/mol. The first-order valence-corrected chi connectivity index (χ1v) is 11.5. The number of nitrogens with zero attached hydrogens (tertiary/aromatic N) is 4. The summed E-state index contributed by atoms with van der Waals surface area (Å²) in [4.78, 5) is 13.3. The maximum absolute atomic E-state index is 8.36. The van der Waals surface area contributed by atoms with Gasteiger partial charge in [-0.3, -0.25) is 14.4 Å². The number of rotatable bonds is 9. The first-order valence-electron chi connectivity index (χ1n) is 11.5. The number of carbonyl (C=O) groups is 1. The van der Waals surface area contributed by atoms with Gasteiger partial charge in [0, 0.05) is 69.2 Å². The summed E-state index contributed by atoms with van der Waals surface area (Å²) in [6.45, 7) is 6.54. The fraction of sp³-hybridized carbons (Fsp3) is 0.385. The topological polar surface area (TPSA) is 80.1 Å². The second-order valence-electron chi connectivity index (χ2n) is 8.18. The molecule has 3 aromatic rings. The molecule has 1 saturated heterocycles. The number of hydrogen-bond acceptors (Lipinski definition) is 6. The lowest BCUT2D eigenvalue weighted by atomic mass is 10.0. The molecule has 0 saturated carbocycles. The number of likely N-dealkylation sites (N-methyl/N-ethyl adjacent to an activating group) is 1. The van der Waals surface area contributed by atoms with Crippen LogP contribution in [0.1, 0.15) is 12.0 Å². The van der Waals surface area contributed by atoms with Crippen molar-refractivity contribution in [2.24, 2.45) is 0 Å². The number of aryl methyl sites for hydroxylation is 1. The standard InChI is InChI=1S/C25H32N4O2.CH2O2/c1-27-14-16-28(17-15-27)20-22-19-21(23-7-3-4-8-25(23)30-2)9-10-24(22)31-18-6-13-29-12-5-11-26-29;2-1-3/h3-5,7-12,19H,6,13-18,20H2,1-2H3;1H,(H,2,3). The SMILES string of the molecule is COc1ccccc1-c1ccc(OCCCn2cccn2)c(CN2CCN(C)CC2)c1.O=CO. The Hall–Kier alpha value is -3.36. The number of aromatic nitrogens is 2. The molecule has 2 heterocycles. The predicted octanol–water partition coefficient (Wildman–Crippen LogP) is 3.48. The third-order valence-electron chi connectivity index (χ3n) is 5.82. The number of piperazine rings is 1. The maximum atomic E-state index is 8.36. The van der Waals surface area contributed by atoms with Crippen LogP contribution in [0, 0.1) is 0 Å². The van der Waals surface area contributed by atoms with E-state index in [1.165, 1.54) is 5.56 Å². The van der Waals surface area contributed by atoms with E-state index in [9.17, 15) is 0 Å². The minimum atomic E-state index is -0.250. The molecule has 34 heavy (non-hydrogen) atoms. The quantitative estimate of drug-likeness (QED) is 0.382. The maximum Gasteiger partial charge on any atom is 0.290 e. The Labute approximate surface area is 201 Å². The summed E-state index contributed by atoms with van der Waals surface area (Å²) in [5.41, 5.74) is 3.49. The summed E-state index contributed by atoms with van der Waals surface area (Å²) in [5.74, 6) is 1.86. The first kappa shape index (κ1) is 25.3. The van der Waals surface area contributed by atoms with Crippen LogP contribution in [0.2, 0.25) is 0 Å². The molecule has 1 aromatic heterocycles. The van der Waals surface area contributed by atoms with Gasteiger partial charge < -0.3 is 19.5 Å². The van der Waals surface area contributed by atoms with Gasteiger partial charge in [0.1, 0.15) is 11.5 Å². The van der Waals surface area contributed by atoms with Gasteiger partial charge in [0.25, 0.3) is 6.47 Å². The molecule has 0 radical (unpaired) electrons. The van der Waals surface area contributed by atoms with Crippen molar-refractivity contribution in [1.29, 1.82) is 0 Å². The van der Waals surface area contributed by atoms with Crippen molar-refractivity contribution < 1.29 is 19.4 Å². The van der Waals surface area contributed by atoms with Crippen LogP contribution >= 0.6 is 0 Å². The highest BCUT2D eigenvalue weighted by molar-refractivity contribution is 5.71. The van der Waals surface area contributed by atoms with Crippen molar-refractivity contribution in [1.82, 2.24) is 19.6 Å². The van der Waals surface area contributed by atoms with Crippen LogP contribution in [0.3, 0.4) is 0 Å². The van der Waals surface area contributed by atoms with Gasteiger partial charge in [-0.25, -0.2) is 0 Å². The number of ether oxygens (including phenoxy) is 2. The molecule has 0 bridgehead atoms. The van der Waals surface area contributed by atoms with Crippen LogP contribution in [0.25, 0.3) is 11.1 Å². The summed E-state index contributed by atoms with van der Waals surface area (Å²) >= 11 is 0. The predicted molar refractivity (Wildman–Crippen MR) is 132 cm³/mol. The minimum absolute atomic E-state index is 0.250. The number of methoxy groups -OCH3 is 1. The molecule has 2 aromatic carbocycles. The van der Waals surface area contributed by atoms with Crippen molar-refractivity contribution in [3.8, 4) is 22.6 Å². The zero-order chi connectivity index (χ0) is 24.2. The fourth-order valence-electron chi connectivity index (χ4n) is 3.98. The Morgan fingerprint density at radius 3 is 2.53 bits per heavy atom. The van der Waals surface area contributed by atoms with E-state index in [1.807, 2.05) is 35.3 Å². The molecule has 8 heteroatoms. The van der Waals surface area contributed by atoms with Crippen molar-refractivity contribution in [3.63, 3.8) is 0 Å². The molecular weight excluding hydrogens is 432 g/mol. The lowest BCUT2D eigenvalue weighted by Gasteiger charge is -2.32. The molecule has 1 fully saturated rings. The van der Waals surface area contributed by atoms with E-state index in [-0.39, 0.29) is 6.47 Å². The number of para-hydroxylation sites is 1. The second kappa shape index (κ2) is 13.4. The summed E-state index contributed by atoms with van der Waals surface area (Å²) in [5, 5.41) is 11.2. The third-order valence-corrected chi connectivity index (χ3v) is 5.82. The summed E-state index contributed by atoms with van der Waals surface area (Å²) in [6, 6.07) is 16.6. The summed E-state index contributed by atoms with van der Waals surface area (Å²) < 4.78 is 13.8. The average Bonchev–Trinajstić information content (AvgIpc) is 3.38. The van der Waals surface area contributed by atoms with E-state index in [0.717, 1.165) is 68.3 Å². The number of hydrogen-bond donors (Lipinski definition) is 1. The highest BCUT2D eigenvalue weighted by atomic mass is 16.5. The van der Waals surface area contributed by atoms with Gasteiger partial charge in [-0.05, 0) is 36.9 Å². The van der Waals surface area contributed by atoms with Gasteiger partial charge in [0.2, 0.25) is 0 Å². The van der Waals surface area contributed by atoms with Crippen LogP contribution < -0.4 is 9.47 Å². The van der Waals surface area contributed by atoms with E-state index < -0.39 is 0 Å². The highest BCUT2D eigenvalue weighted by Gasteiger charge is 2.17. The van der Waals surface area contributed by atoms with Gasteiger partial charge in [0.15, 0.2) is 0 Å². The number of benzene rings is 2. The van der Waals surface area contributed by atoms with E-state index in [4.69, 9.17) is 19.4 Å². The van der Waals surface area contributed by atoms with Gasteiger partial charge in [-0.15, -0.1) is 0 Å². The minimum Gasteiger partial charge on any atom is -0.496 e. The normalized spacial score (nSPS) is 14.2. The van der Waals surface area contributed by atoms with Crippen molar-refractivity contribution >= 4 is 6.47 Å². The van der Waals surface area contributed by atoms with Crippen LogP contribution in [-0.4, -0.2) is 78.1 Å². The molecule has 1 aliphatic rings. The molecule has 1 N–H and O–H groups in total. The van der Waals surface area contributed by atoms with Gasteiger partial charge in [0.05, 0.1) is 13.7 Å². The lowest BCUT2D eigenvalue weighted by molar-refractivity contribution is -0.122. The van der Waals surface area contributed by atoms with Crippen molar-refractivity contribution in [2.45, 2.75) is 19.5 Å². The van der Waals surface area contributed by atoms with Gasteiger partial charge in [-0.2, -0.15) is 5.10 Å². The Balaban J connectivity index is 0.00000103. The van der Waals surface area contributed by atoms with Gasteiger partial charge in [-0.1, -0.05) is 24.3 Å². The van der Waals surface area contributed by atoms with E-state index in [1.54, 1.807) is 7.11 Å². The molecule has 4 rings (SSSR count). The Morgan fingerprint density at radius 2 is 1.82 bits per heavy atom. The molecule has 0 unspecified atom stereocenters. The largest absolute Gasteiger partial charge is 0.496 e. The second-order valence-corrected chi connectivity index (χ2v) is 8.18. The summed E-state index contributed by atoms with van der Waals surface area (Å²) in [6.07, 6.45) is 4.72.